The van der Waals surface area contributed by atoms with E-state index in [-0.39, 0.29) is 5.91 Å². The molecule has 0 saturated carbocycles. The van der Waals surface area contributed by atoms with Gasteiger partial charge in [0.25, 0.3) is 5.91 Å². The Kier molecular flexibility index (Phi) is 8.36. The lowest BCUT2D eigenvalue weighted by Gasteiger charge is -2.14. The minimum Gasteiger partial charge on any atom is -0.495 e. The van der Waals surface area contributed by atoms with Crippen molar-refractivity contribution in [3.8, 4) is 11.5 Å². The fraction of sp³-hybridized carbons (Fsp3) is 0.360. The third-order valence-electron chi connectivity index (χ3n) is 5.02. The van der Waals surface area contributed by atoms with Gasteiger partial charge in [0.15, 0.2) is 5.69 Å². The summed E-state index contributed by atoms with van der Waals surface area (Å²) in [6, 6.07) is 13.0. The van der Waals surface area contributed by atoms with Gasteiger partial charge >= 0.3 is 0 Å². The molecule has 0 atom stereocenters. The van der Waals surface area contributed by atoms with E-state index in [0.717, 1.165) is 22.6 Å². The predicted molar refractivity (Wildman–Crippen MR) is 132 cm³/mol. The van der Waals surface area contributed by atoms with E-state index in [0.29, 0.717) is 47.8 Å². The lowest BCUT2D eigenvalue weighted by Crippen LogP contribution is -2.15. The number of aryl methyl sites for hydroxylation is 1. The molecule has 2 aromatic carbocycles. The number of nitrogens with one attached hydrogen (secondary N) is 2. The smallest absolute Gasteiger partial charge is 0.276 e. The van der Waals surface area contributed by atoms with E-state index in [2.05, 4.69) is 29.6 Å². The van der Waals surface area contributed by atoms with Crippen LogP contribution in [0.3, 0.4) is 0 Å². The molecule has 7 nitrogen and oxygen atoms in total. The molecular formula is C25H31ClN4O3. The first-order chi connectivity index (χ1) is 15.8. The second-order valence-corrected chi connectivity index (χ2v) is 8.74. The Morgan fingerprint density at radius 2 is 1.94 bits per heavy atom. The molecule has 0 spiro atoms. The van der Waals surface area contributed by atoms with Crippen molar-refractivity contribution in [2.75, 3.05) is 26.1 Å². The van der Waals surface area contributed by atoms with E-state index in [1.807, 2.05) is 50.4 Å². The summed E-state index contributed by atoms with van der Waals surface area (Å²) in [6.07, 6.45) is 0. The van der Waals surface area contributed by atoms with E-state index in [1.165, 1.54) is 0 Å². The summed E-state index contributed by atoms with van der Waals surface area (Å²) in [5.74, 6) is 1.46. The van der Waals surface area contributed by atoms with E-state index in [9.17, 15) is 4.79 Å². The van der Waals surface area contributed by atoms with Gasteiger partial charge in [-0.15, -0.1) is 0 Å². The van der Waals surface area contributed by atoms with Crippen molar-refractivity contribution in [3.63, 3.8) is 0 Å². The van der Waals surface area contributed by atoms with Gasteiger partial charge in [-0.3, -0.25) is 9.48 Å². The molecule has 1 heterocycles. The third-order valence-corrected chi connectivity index (χ3v) is 5.26. The Balaban J connectivity index is 1.78. The second kappa shape index (κ2) is 11.2. The lowest BCUT2D eigenvalue weighted by atomic mass is 10.2. The first kappa shape index (κ1) is 24.6. The molecule has 0 aliphatic heterocycles. The number of amides is 1. The van der Waals surface area contributed by atoms with Crippen LogP contribution in [0.4, 0.5) is 5.69 Å². The van der Waals surface area contributed by atoms with Gasteiger partial charge in [0, 0.05) is 22.8 Å². The van der Waals surface area contributed by atoms with Gasteiger partial charge in [0.2, 0.25) is 0 Å². The van der Waals surface area contributed by atoms with Crippen molar-refractivity contribution in [1.29, 1.82) is 0 Å². The van der Waals surface area contributed by atoms with Crippen molar-refractivity contribution in [2.24, 2.45) is 5.92 Å². The number of halogens is 1. The number of hydrogen-bond acceptors (Lipinski definition) is 5. The number of anilines is 1. The molecule has 3 aromatic rings. The SMILES string of the molecule is CNCc1ccc(NC(=O)c2cc(C)n(Cc3cc(Cl)ccc3OCC(C)C)n2)c(OC)c1. The number of carbonyl (C=O) groups excluding carboxylic acids is 1. The topological polar surface area (TPSA) is 77.4 Å². The zero-order valence-corrected chi connectivity index (χ0v) is 20.5. The number of rotatable bonds is 10. The highest BCUT2D eigenvalue weighted by atomic mass is 35.5. The van der Waals surface area contributed by atoms with Crippen LogP contribution >= 0.6 is 11.6 Å². The molecule has 2 N–H and O–H groups in total. The number of carbonyl (C=O) groups is 1. The van der Waals surface area contributed by atoms with Gasteiger partial charge in [-0.2, -0.15) is 5.10 Å². The Bertz CT molecular complexity index is 1110. The Morgan fingerprint density at radius 3 is 2.64 bits per heavy atom. The molecule has 0 unspecified atom stereocenters. The first-order valence-corrected chi connectivity index (χ1v) is 11.3. The Hall–Kier alpha value is -3.03. The fourth-order valence-corrected chi connectivity index (χ4v) is 3.55. The maximum absolute atomic E-state index is 12.9. The van der Waals surface area contributed by atoms with Crippen LogP contribution in [0.15, 0.2) is 42.5 Å². The maximum Gasteiger partial charge on any atom is 0.276 e. The molecule has 0 radical (unpaired) electrons. The van der Waals surface area contributed by atoms with Crippen LogP contribution in [0.25, 0.3) is 0 Å². The molecule has 8 heteroatoms. The van der Waals surface area contributed by atoms with Crippen molar-refractivity contribution in [2.45, 2.75) is 33.9 Å². The average Bonchev–Trinajstić information content (AvgIpc) is 3.14. The van der Waals surface area contributed by atoms with Crippen molar-refractivity contribution in [1.82, 2.24) is 15.1 Å². The molecule has 0 bridgehead atoms. The van der Waals surface area contributed by atoms with Crippen LogP contribution < -0.4 is 20.1 Å². The van der Waals surface area contributed by atoms with Gasteiger partial charge in [-0.1, -0.05) is 31.5 Å². The minimum atomic E-state index is -0.307. The second-order valence-electron chi connectivity index (χ2n) is 8.30. The number of benzene rings is 2. The van der Waals surface area contributed by atoms with E-state index in [4.69, 9.17) is 21.1 Å². The molecule has 1 aromatic heterocycles. The highest BCUT2D eigenvalue weighted by Crippen LogP contribution is 2.27. The number of methoxy groups -OCH3 is 1. The summed E-state index contributed by atoms with van der Waals surface area (Å²) >= 11 is 6.23. The number of nitrogens with zero attached hydrogens (tertiary/aromatic N) is 2. The Labute approximate surface area is 200 Å². The fourth-order valence-electron chi connectivity index (χ4n) is 3.35. The molecule has 1 amide bonds. The Morgan fingerprint density at radius 1 is 1.15 bits per heavy atom. The zero-order chi connectivity index (χ0) is 24.0. The van der Waals surface area contributed by atoms with E-state index < -0.39 is 0 Å². The van der Waals surface area contributed by atoms with Gasteiger partial charge in [0.05, 0.1) is 25.9 Å². The van der Waals surface area contributed by atoms with Crippen molar-refractivity contribution >= 4 is 23.2 Å². The molecule has 176 valence electrons. The molecule has 33 heavy (non-hydrogen) atoms. The maximum atomic E-state index is 12.9. The van der Waals surface area contributed by atoms with Crippen molar-refractivity contribution in [3.05, 3.63) is 70.0 Å². The number of aromatic nitrogens is 2. The molecule has 0 saturated heterocycles. The number of ether oxygens (including phenoxy) is 2. The monoisotopic (exact) mass is 470 g/mol. The summed E-state index contributed by atoms with van der Waals surface area (Å²) in [5, 5.41) is 11.1. The molecule has 0 fully saturated rings. The lowest BCUT2D eigenvalue weighted by molar-refractivity contribution is 0.102. The summed E-state index contributed by atoms with van der Waals surface area (Å²) in [7, 11) is 3.46. The quantitative estimate of drug-likeness (QED) is 0.440. The van der Waals surface area contributed by atoms with Gasteiger partial charge in [-0.05, 0) is 61.9 Å². The predicted octanol–water partition coefficient (Wildman–Crippen LogP) is 4.91. The average molecular weight is 471 g/mol. The standard InChI is InChI=1S/C25H31ClN4O3/c1-16(2)15-33-23-9-7-20(26)12-19(23)14-30-17(3)10-22(29-30)25(31)28-21-8-6-18(13-27-4)11-24(21)32-5/h6-12,16,27H,13-15H2,1-5H3,(H,28,31). The summed E-state index contributed by atoms with van der Waals surface area (Å²) in [6.45, 7) is 7.86. The van der Waals surface area contributed by atoms with Crippen LogP contribution in [0.2, 0.25) is 5.02 Å². The number of hydrogen-bond donors (Lipinski definition) is 2. The van der Waals surface area contributed by atoms with Gasteiger partial charge < -0.3 is 20.1 Å². The van der Waals surface area contributed by atoms with E-state index >= 15 is 0 Å². The summed E-state index contributed by atoms with van der Waals surface area (Å²) in [4.78, 5) is 12.9. The van der Waals surface area contributed by atoms with Crippen LogP contribution in [0.5, 0.6) is 11.5 Å². The van der Waals surface area contributed by atoms with Crippen molar-refractivity contribution < 1.29 is 14.3 Å². The highest BCUT2D eigenvalue weighted by molar-refractivity contribution is 6.30. The largest absolute Gasteiger partial charge is 0.495 e. The third kappa shape index (κ3) is 6.49. The molecule has 3 rings (SSSR count). The normalized spacial score (nSPS) is 11.0. The van der Waals surface area contributed by atoms with Crippen LogP contribution in [-0.2, 0) is 13.1 Å². The molecule has 0 aliphatic carbocycles. The van der Waals surface area contributed by atoms with Crippen LogP contribution in [0.1, 0.15) is 41.2 Å². The zero-order valence-electron chi connectivity index (χ0n) is 19.7. The highest BCUT2D eigenvalue weighted by Gasteiger charge is 2.16. The van der Waals surface area contributed by atoms with Gasteiger partial charge in [0.1, 0.15) is 11.5 Å². The summed E-state index contributed by atoms with van der Waals surface area (Å²) < 4.78 is 13.2. The molecule has 0 aliphatic rings. The van der Waals surface area contributed by atoms with E-state index in [1.54, 1.807) is 17.9 Å². The van der Waals surface area contributed by atoms with Crippen LogP contribution in [0, 0.1) is 12.8 Å². The first-order valence-electron chi connectivity index (χ1n) is 10.9. The minimum absolute atomic E-state index is 0.307. The van der Waals surface area contributed by atoms with Crippen LogP contribution in [-0.4, -0.2) is 36.5 Å². The van der Waals surface area contributed by atoms with Gasteiger partial charge in [-0.25, -0.2) is 0 Å². The summed E-state index contributed by atoms with van der Waals surface area (Å²) in [5.41, 5.74) is 3.73. The molecular weight excluding hydrogens is 440 g/mol.